The molecule has 0 bridgehead atoms. The normalized spacial score (nSPS) is 31.3. The molecule has 1 saturated heterocycles. The number of nitrogens with one attached hydrogen (secondary N) is 1. The SMILES string of the molecule is CCNCC1CCC(CN(CC2CC2)CC2CC2)O1. The molecule has 110 valence electrons. The van der Waals surface area contributed by atoms with Crippen molar-refractivity contribution < 1.29 is 4.74 Å². The van der Waals surface area contributed by atoms with Crippen molar-refractivity contribution in [3.05, 3.63) is 0 Å². The lowest BCUT2D eigenvalue weighted by Crippen LogP contribution is -2.36. The van der Waals surface area contributed by atoms with Crippen LogP contribution in [-0.4, -0.2) is 49.8 Å². The molecule has 2 aliphatic carbocycles. The van der Waals surface area contributed by atoms with Crippen molar-refractivity contribution in [2.75, 3.05) is 32.7 Å². The number of hydrogen-bond donors (Lipinski definition) is 1. The average molecular weight is 266 g/mol. The fourth-order valence-electron chi connectivity index (χ4n) is 3.21. The Kier molecular flexibility index (Phi) is 4.78. The van der Waals surface area contributed by atoms with Crippen LogP contribution in [0.25, 0.3) is 0 Å². The molecule has 1 N–H and O–H groups in total. The molecule has 3 fully saturated rings. The van der Waals surface area contributed by atoms with E-state index in [2.05, 4.69) is 17.1 Å². The first-order valence-electron chi connectivity index (χ1n) is 8.42. The number of nitrogens with zero attached hydrogens (tertiary/aromatic N) is 1. The Morgan fingerprint density at radius 3 is 2.11 bits per heavy atom. The largest absolute Gasteiger partial charge is 0.372 e. The van der Waals surface area contributed by atoms with Gasteiger partial charge in [-0.3, -0.25) is 0 Å². The molecule has 3 heteroatoms. The molecule has 0 aromatic carbocycles. The maximum atomic E-state index is 6.19. The average Bonchev–Trinajstić information content (AvgIpc) is 3.31. The molecular weight excluding hydrogens is 236 g/mol. The third-order valence-corrected chi connectivity index (χ3v) is 4.71. The van der Waals surface area contributed by atoms with Crippen LogP contribution >= 0.6 is 0 Å². The lowest BCUT2D eigenvalue weighted by Gasteiger charge is -2.25. The highest BCUT2D eigenvalue weighted by molar-refractivity contribution is 4.85. The van der Waals surface area contributed by atoms with Crippen LogP contribution < -0.4 is 5.32 Å². The molecule has 0 aromatic rings. The van der Waals surface area contributed by atoms with E-state index >= 15 is 0 Å². The van der Waals surface area contributed by atoms with Gasteiger partial charge < -0.3 is 15.0 Å². The quantitative estimate of drug-likeness (QED) is 0.693. The smallest absolute Gasteiger partial charge is 0.0707 e. The number of rotatable bonds is 9. The van der Waals surface area contributed by atoms with Crippen LogP contribution in [0.3, 0.4) is 0 Å². The van der Waals surface area contributed by atoms with Crippen LogP contribution in [0.2, 0.25) is 0 Å². The molecule has 1 aliphatic heterocycles. The summed E-state index contributed by atoms with van der Waals surface area (Å²) in [4.78, 5) is 2.72. The predicted molar refractivity (Wildman–Crippen MR) is 78.3 cm³/mol. The zero-order valence-electron chi connectivity index (χ0n) is 12.4. The van der Waals surface area contributed by atoms with Gasteiger partial charge in [0, 0.05) is 26.2 Å². The Bertz CT molecular complexity index is 262. The Balaban J connectivity index is 1.39. The highest BCUT2D eigenvalue weighted by atomic mass is 16.5. The lowest BCUT2D eigenvalue weighted by atomic mass is 10.1. The maximum Gasteiger partial charge on any atom is 0.0707 e. The van der Waals surface area contributed by atoms with Crippen LogP contribution in [0, 0.1) is 11.8 Å². The molecule has 19 heavy (non-hydrogen) atoms. The molecule has 3 rings (SSSR count). The number of likely N-dealkylation sites (N-methyl/N-ethyl adjacent to an activating group) is 1. The van der Waals surface area contributed by atoms with Crippen LogP contribution in [0.5, 0.6) is 0 Å². The van der Waals surface area contributed by atoms with Crippen molar-refractivity contribution in [3.63, 3.8) is 0 Å². The van der Waals surface area contributed by atoms with E-state index in [1.165, 1.54) is 58.2 Å². The topological polar surface area (TPSA) is 24.5 Å². The molecule has 0 aromatic heterocycles. The fourth-order valence-corrected chi connectivity index (χ4v) is 3.21. The summed E-state index contributed by atoms with van der Waals surface area (Å²) in [5, 5.41) is 3.41. The minimum atomic E-state index is 0.466. The van der Waals surface area contributed by atoms with E-state index in [4.69, 9.17) is 4.74 Å². The summed E-state index contributed by atoms with van der Waals surface area (Å²) in [7, 11) is 0. The molecule has 0 spiro atoms. The summed E-state index contributed by atoms with van der Waals surface area (Å²) in [6.45, 7) is 8.13. The maximum absolute atomic E-state index is 6.19. The first-order chi connectivity index (χ1) is 9.33. The highest BCUT2D eigenvalue weighted by Gasteiger charge is 2.32. The van der Waals surface area contributed by atoms with Crippen molar-refractivity contribution in [1.82, 2.24) is 10.2 Å². The monoisotopic (exact) mass is 266 g/mol. The van der Waals surface area contributed by atoms with Gasteiger partial charge in [0.15, 0.2) is 0 Å². The first-order valence-corrected chi connectivity index (χ1v) is 8.42. The second-order valence-electron chi connectivity index (χ2n) is 6.87. The van der Waals surface area contributed by atoms with E-state index in [1.54, 1.807) is 0 Å². The molecule has 3 nitrogen and oxygen atoms in total. The van der Waals surface area contributed by atoms with Crippen LogP contribution in [0.1, 0.15) is 45.4 Å². The molecule has 2 atom stereocenters. The first kappa shape index (κ1) is 13.8. The second-order valence-corrected chi connectivity index (χ2v) is 6.87. The Hall–Kier alpha value is -0.120. The van der Waals surface area contributed by atoms with Crippen LogP contribution in [0.4, 0.5) is 0 Å². The van der Waals surface area contributed by atoms with Gasteiger partial charge in [-0.2, -0.15) is 0 Å². The van der Waals surface area contributed by atoms with Gasteiger partial charge in [0.2, 0.25) is 0 Å². The van der Waals surface area contributed by atoms with Gasteiger partial charge in [0.05, 0.1) is 12.2 Å². The van der Waals surface area contributed by atoms with Crippen molar-refractivity contribution in [1.29, 1.82) is 0 Å². The van der Waals surface area contributed by atoms with Crippen LogP contribution in [0.15, 0.2) is 0 Å². The zero-order chi connectivity index (χ0) is 13.1. The minimum Gasteiger partial charge on any atom is -0.372 e. The minimum absolute atomic E-state index is 0.466. The molecule has 3 aliphatic rings. The summed E-state index contributed by atoms with van der Waals surface area (Å²) < 4.78 is 6.19. The Labute approximate surface area is 118 Å². The summed E-state index contributed by atoms with van der Waals surface area (Å²) in [6.07, 6.45) is 9.35. The zero-order valence-corrected chi connectivity index (χ0v) is 12.4. The van der Waals surface area contributed by atoms with Gasteiger partial charge >= 0.3 is 0 Å². The lowest BCUT2D eigenvalue weighted by molar-refractivity contribution is 0.0218. The third kappa shape index (κ3) is 4.73. The number of hydrogen-bond acceptors (Lipinski definition) is 3. The van der Waals surface area contributed by atoms with E-state index in [9.17, 15) is 0 Å². The van der Waals surface area contributed by atoms with E-state index in [-0.39, 0.29) is 0 Å². The van der Waals surface area contributed by atoms with E-state index in [1.807, 2.05) is 0 Å². The summed E-state index contributed by atoms with van der Waals surface area (Å²) in [5.74, 6) is 2.02. The second kappa shape index (κ2) is 6.55. The molecule has 2 unspecified atom stereocenters. The Morgan fingerprint density at radius 2 is 1.53 bits per heavy atom. The summed E-state index contributed by atoms with van der Waals surface area (Å²) in [5.41, 5.74) is 0. The molecular formula is C16H30N2O. The Morgan fingerprint density at radius 1 is 0.895 bits per heavy atom. The molecule has 2 saturated carbocycles. The van der Waals surface area contributed by atoms with Gasteiger partial charge in [0.1, 0.15) is 0 Å². The van der Waals surface area contributed by atoms with E-state index in [0.29, 0.717) is 12.2 Å². The third-order valence-electron chi connectivity index (χ3n) is 4.71. The van der Waals surface area contributed by atoms with Gasteiger partial charge in [-0.05, 0) is 56.9 Å². The van der Waals surface area contributed by atoms with Crippen molar-refractivity contribution in [3.8, 4) is 0 Å². The summed E-state index contributed by atoms with van der Waals surface area (Å²) >= 11 is 0. The van der Waals surface area contributed by atoms with Gasteiger partial charge in [-0.1, -0.05) is 6.92 Å². The van der Waals surface area contributed by atoms with Crippen molar-refractivity contribution in [2.45, 2.75) is 57.7 Å². The summed E-state index contributed by atoms with van der Waals surface area (Å²) in [6, 6.07) is 0. The van der Waals surface area contributed by atoms with E-state index < -0.39 is 0 Å². The molecule has 0 radical (unpaired) electrons. The van der Waals surface area contributed by atoms with Crippen molar-refractivity contribution in [2.24, 2.45) is 11.8 Å². The van der Waals surface area contributed by atoms with Crippen LogP contribution in [-0.2, 0) is 4.74 Å². The number of ether oxygens (including phenoxy) is 1. The standard InChI is InChI=1S/C16H30N2O/c1-2-17-9-15-7-8-16(19-15)12-18(10-13-3-4-13)11-14-5-6-14/h13-17H,2-12H2,1H3. The predicted octanol–water partition coefficient (Wildman–Crippen LogP) is 2.27. The van der Waals surface area contributed by atoms with E-state index in [0.717, 1.165) is 24.9 Å². The van der Waals surface area contributed by atoms with Crippen molar-refractivity contribution >= 4 is 0 Å². The molecule has 0 amide bonds. The highest BCUT2D eigenvalue weighted by Crippen LogP contribution is 2.34. The van der Waals surface area contributed by atoms with Gasteiger partial charge in [-0.15, -0.1) is 0 Å². The van der Waals surface area contributed by atoms with Gasteiger partial charge in [0.25, 0.3) is 0 Å². The molecule has 1 heterocycles. The fraction of sp³-hybridized carbons (Fsp3) is 1.00. The van der Waals surface area contributed by atoms with Gasteiger partial charge in [-0.25, -0.2) is 0 Å².